The number of halogens is 3. The maximum atomic E-state index is 14.3. The first-order valence-corrected chi connectivity index (χ1v) is 17.6. The largest absolute Gasteiger partial charge is 0.494 e. The topological polar surface area (TPSA) is 126 Å². The van der Waals surface area contributed by atoms with E-state index in [2.05, 4.69) is 32.4 Å². The van der Waals surface area contributed by atoms with Crippen LogP contribution in [0.4, 0.5) is 30.5 Å². The van der Waals surface area contributed by atoms with Gasteiger partial charge >= 0.3 is 6.18 Å². The Morgan fingerprint density at radius 1 is 1.20 bits per heavy atom. The lowest BCUT2D eigenvalue weighted by Gasteiger charge is -2.36. The van der Waals surface area contributed by atoms with Crippen molar-refractivity contribution in [1.29, 1.82) is 0 Å². The van der Waals surface area contributed by atoms with Crippen LogP contribution in [0.2, 0.25) is 0 Å². The molecule has 1 saturated carbocycles. The summed E-state index contributed by atoms with van der Waals surface area (Å²) in [7, 11) is -2.33. The molecule has 0 bridgehead atoms. The van der Waals surface area contributed by atoms with Gasteiger partial charge in [-0.15, -0.1) is 11.3 Å². The number of aromatic nitrogens is 2. The van der Waals surface area contributed by atoms with Gasteiger partial charge in [0, 0.05) is 49.7 Å². The molecule has 1 aromatic carbocycles. The van der Waals surface area contributed by atoms with Gasteiger partial charge in [-0.25, -0.2) is 18.4 Å². The number of nitrogens with zero attached hydrogens (tertiary/aromatic N) is 4. The molecule has 7 rings (SSSR count). The van der Waals surface area contributed by atoms with Crippen molar-refractivity contribution >= 4 is 44.4 Å². The number of anilines is 3. The molecule has 246 valence electrons. The number of ether oxygens (including phenoxy) is 2. The zero-order valence-electron chi connectivity index (χ0n) is 25.2. The van der Waals surface area contributed by atoms with Crippen LogP contribution in [-0.4, -0.2) is 93.5 Å². The first-order chi connectivity index (χ1) is 21.9. The van der Waals surface area contributed by atoms with Crippen molar-refractivity contribution in [2.45, 2.75) is 48.8 Å². The van der Waals surface area contributed by atoms with E-state index in [1.807, 2.05) is 12.1 Å². The molecule has 1 atom stereocenters. The molecule has 5 heterocycles. The van der Waals surface area contributed by atoms with Crippen LogP contribution in [0.25, 0.3) is 10.6 Å². The van der Waals surface area contributed by atoms with E-state index in [1.54, 1.807) is 7.11 Å². The maximum absolute atomic E-state index is 14.3. The van der Waals surface area contributed by atoms with Crippen molar-refractivity contribution in [3.8, 4) is 16.3 Å². The monoisotopic (exact) mass is 678 g/mol. The summed E-state index contributed by atoms with van der Waals surface area (Å²) in [6.45, 7) is 5.10. The number of alkyl halides is 3. The lowest BCUT2D eigenvalue weighted by Crippen LogP contribution is -2.52. The molecule has 1 amide bonds. The van der Waals surface area contributed by atoms with Crippen LogP contribution < -0.4 is 20.3 Å². The molecule has 3 aliphatic heterocycles. The fourth-order valence-corrected chi connectivity index (χ4v) is 9.15. The Morgan fingerprint density at radius 3 is 2.63 bits per heavy atom. The average molecular weight is 679 g/mol. The predicted molar refractivity (Wildman–Crippen MR) is 166 cm³/mol. The van der Waals surface area contributed by atoms with Gasteiger partial charge in [-0.2, -0.15) is 13.2 Å². The van der Waals surface area contributed by atoms with Crippen LogP contribution in [0.3, 0.4) is 0 Å². The second-order valence-electron chi connectivity index (χ2n) is 12.0. The van der Waals surface area contributed by atoms with Crippen molar-refractivity contribution < 1.29 is 35.9 Å². The highest BCUT2D eigenvalue weighted by molar-refractivity contribution is 7.91. The van der Waals surface area contributed by atoms with Gasteiger partial charge in [0.05, 0.1) is 53.3 Å². The number of carbonyl (C=O) groups excluding carboxylic acids is 1. The van der Waals surface area contributed by atoms with Gasteiger partial charge in [-0.1, -0.05) is 0 Å². The van der Waals surface area contributed by atoms with E-state index < -0.39 is 33.2 Å². The fourth-order valence-electron chi connectivity index (χ4n) is 6.23. The molecular formula is C30H33F3N6O5S2. The average Bonchev–Trinajstić information content (AvgIpc) is 3.73. The van der Waals surface area contributed by atoms with Crippen molar-refractivity contribution in [1.82, 2.24) is 20.2 Å². The Labute approximate surface area is 268 Å². The quantitative estimate of drug-likeness (QED) is 0.374. The number of piperazine rings is 1. The van der Waals surface area contributed by atoms with Crippen LogP contribution in [0.15, 0.2) is 29.3 Å². The normalized spacial score (nSPS) is 21.8. The van der Waals surface area contributed by atoms with Gasteiger partial charge in [0.2, 0.25) is 5.95 Å². The Kier molecular flexibility index (Phi) is 7.89. The van der Waals surface area contributed by atoms with E-state index in [4.69, 9.17) is 9.47 Å². The Balaban J connectivity index is 1.28. The van der Waals surface area contributed by atoms with Gasteiger partial charge in [0.25, 0.3) is 5.91 Å². The predicted octanol–water partition coefficient (Wildman–Crippen LogP) is 4.28. The van der Waals surface area contributed by atoms with Gasteiger partial charge in [-0.3, -0.25) is 4.79 Å². The summed E-state index contributed by atoms with van der Waals surface area (Å²) in [6, 6.07) is 4.96. The van der Waals surface area contributed by atoms with Crippen LogP contribution in [-0.2, 0) is 20.8 Å². The van der Waals surface area contributed by atoms with E-state index in [1.165, 1.54) is 4.90 Å². The van der Waals surface area contributed by atoms with Crippen molar-refractivity contribution in [2.24, 2.45) is 0 Å². The third kappa shape index (κ3) is 5.69. The van der Waals surface area contributed by atoms with Crippen LogP contribution >= 0.6 is 11.3 Å². The number of sulfone groups is 1. The van der Waals surface area contributed by atoms with Gasteiger partial charge in [0.1, 0.15) is 16.2 Å². The van der Waals surface area contributed by atoms with Gasteiger partial charge in [0.15, 0.2) is 9.84 Å². The highest BCUT2D eigenvalue weighted by atomic mass is 32.2. The smallest absolute Gasteiger partial charge is 0.420 e. The van der Waals surface area contributed by atoms with Gasteiger partial charge in [-0.05, 0) is 43.9 Å². The van der Waals surface area contributed by atoms with E-state index in [0.29, 0.717) is 35.0 Å². The number of rotatable bonds is 7. The number of benzene rings is 1. The molecule has 11 nitrogen and oxygen atoms in total. The van der Waals surface area contributed by atoms with E-state index >= 15 is 0 Å². The Bertz CT molecular complexity index is 1790. The second-order valence-corrected chi connectivity index (χ2v) is 15.2. The highest BCUT2D eigenvalue weighted by Crippen LogP contribution is 2.52. The summed E-state index contributed by atoms with van der Waals surface area (Å²) in [5.74, 6) is -0.0561. The molecule has 3 fully saturated rings. The summed E-state index contributed by atoms with van der Waals surface area (Å²) in [5.41, 5.74) is 0.847. The highest BCUT2D eigenvalue weighted by Gasteiger charge is 2.41. The number of hydrogen-bond acceptors (Lipinski definition) is 11. The number of thiophene rings is 1. The summed E-state index contributed by atoms with van der Waals surface area (Å²) < 4.78 is 80.4. The number of fused-ring (bicyclic) bond motifs is 1. The molecule has 1 aliphatic carbocycles. The number of amides is 1. The van der Waals surface area contributed by atoms with E-state index in [-0.39, 0.29) is 58.1 Å². The standard InChI is InChI=1S/C30H33F3N6O5S2/c1-16-13-38(8-7-34-16)21-6-5-20(24(17-3-4-17)26(21)43-2)36-29-35-12-19(30(31,32)33)25(37-29)22-11-23-27(45-22)28(40)39(18-14-44-15-18)9-10-46(23,41)42/h5-6,11-12,16-18,34H,3-4,7-10,13-15H2,1-2H3,(H,35,36,37)/t16-/m1/s1. The number of carbonyl (C=O) groups is 1. The lowest BCUT2D eigenvalue weighted by atomic mass is 10.0. The molecule has 0 radical (unpaired) electrons. The van der Waals surface area contributed by atoms with Crippen LogP contribution in [0, 0.1) is 0 Å². The Hall–Kier alpha value is -3.47. The fraction of sp³-hybridized carbons (Fsp3) is 0.500. The van der Waals surface area contributed by atoms with E-state index in [0.717, 1.165) is 49.8 Å². The summed E-state index contributed by atoms with van der Waals surface area (Å²) in [6.07, 6.45) is -2.26. The van der Waals surface area contributed by atoms with Crippen LogP contribution in [0.1, 0.15) is 46.5 Å². The Morgan fingerprint density at radius 2 is 1.98 bits per heavy atom. The van der Waals surface area contributed by atoms with Gasteiger partial charge < -0.3 is 29.9 Å². The zero-order valence-corrected chi connectivity index (χ0v) is 26.8. The number of methoxy groups -OCH3 is 1. The molecule has 2 N–H and O–H groups in total. The van der Waals surface area contributed by atoms with Crippen molar-refractivity contribution in [3.05, 3.63) is 40.4 Å². The van der Waals surface area contributed by atoms with E-state index in [9.17, 15) is 26.4 Å². The third-order valence-corrected chi connectivity index (χ3v) is 11.8. The van der Waals surface area contributed by atoms with Crippen molar-refractivity contribution in [3.63, 3.8) is 0 Å². The minimum absolute atomic E-state index is 0.0133. The molecule has 2 saturated heterocycles. The second kappa shape index (κ2) is 11.6. The van der Waals surface area contributed by atoms with Crippen molar-refractivity contribution in [2.75, 3.05) is 62.5 Å². The summed E-state index contributed by atoms with van der Waals surface area (Å²) >= 11 is 0.695. The molecule has 16 heteroatoms. The number of nitrogens with one attached hydrogen (secondary N) is 2. The zero-order chi connectivity index (χ0) is 32.4. The number of hydrogen-bond donors (Lipinski definition) is 2. The van der Waals surface area contributed by atoms with Crippen LogP contribution in [0.5, 0.6) is 5.75 Å². The molecular weight excluding hydrogens is 645 g/mol. The minimum Gasteiger partial charge on any atom is -0.494 e. The molecule has 46 heavy (non-hydrogen) atoms. The molecule has 3 aromatic rings. The first-order valence-electron chi connectivity index (χ1n) is 15.1. The maximum Gasteiger partial charge on any atom is 0.420 e. The SMILES string of the molecule is COc1c(N2CCN[C@H](C)C2)ccc(Nc2ncc(C(F)(F)F)c(-c3cc4c(s3)C(=O)N(C3COC3)CCS4(=O)=O)n2)c1C1CC1. The lowest BCUT2D eigenvalue weighted by molar-refractivity contribution is -0.137. The first kappa shape index (κ1) is 31.1. The molecule has 0 unspecified atom stereocenters. The third-order valence-electron chi connectivity index (χ3n) is 8.80. The molecule has 0 spiro atoms. The molecule has 2 aromatic heterocycles. The summed E-state index contributed by atoms with van der Waals surface area (Å²) in [4.78, 5) is 25.0. The summed E-state index contributed by atoms with van der Waals surface area (Å²) in [5, 5.41) is 6.56. The molecule has 4 aliphatic rings. The minimum atomic E-state index is -4.84.